The van der Waals surface area contributed by atoms with Crippen molar-refractivity contribution in [3.05, 3.63) is 71.8 Å². The second-order valence-electron chi connectivity index (χ2n) is 3.49. The molecule has 17 heavy (non-hydrogen) atoms. The predicted molar refractivity (Wildman–Crippen MR) is 76.9 cm³/mol. The molecule has 88 valence electrons. The Labute approximate surface area is 105 Å². The highest BCUT2D eigenvalue weighted by Crippen LogP contribution is 1.96. The lowest BCUT2D eigenvalue weighted by Gasteiger charge is -1.89. The minimum absolute atomic E-state index is 1.14. The molecule has 0 aromatic heterocycles. The van der Waals surface area contributed by atoms with E-state index in [-0.39, 0.29) is 0 Å². The number of hydrogen-bond donors (Lipinski definition) is 0. The van der Waals surface area contributed by atoms with Gasteiger partial charge in [-0.05, 0) is 18.9 Å². The number of aryl methyl sites for hydroxylation is 2. The van der Waals surface area contributed by atoms with Gasteiger partial charge in [0.1, 0.15) is 0 Å². The third-order valence-corrected chi connectivity index (χ3v) is 2.19. The van der Waals surface area contributed by atoms with Gasteiger partial charge in [0.2, 0.25) is 0 Å². The molecule has 2 rings (SSSR count). The zero-order chi connectivity index (χ0) is 12.9. The van der Waals surface area contributed by atoms with Crippen molar-refractivity contribution in [3.63, 3.8) is 0 Å². The monoisotopic (exact) mass is 224 g/mol. The highest BCUT2D eigenvalue weighted by atomic mass is 13.9. The Hall–Kier alpha value is -2.00. The fraction of sp³-hybridized carbons (Fsp3) is 0.176. The van der Waals surface area contributed by atoms with Crippen molar-refractivity contribution in [1.82, 2.24) is 0 Å². The average Bonchev–Trinajstić information content (AvgIpc) is 2.43. The van der Waals surface area contributed by atoms with Gasteiger partial charge in [-0.2, -0.15) is 0 Å². The van der Waals surface area contributed by atoms with Crippen molar-refractivity contribution in [2.45, 2.75) is 20.3 Å². The van der Waals surface area contributed by atoms with Crippen molar-refractivity contribution in [1.29, 1.82) is 0 Å². The first-order valence-electron chi connectivity index (χ1n) is 5.72. The topological polar surface area (TPSA) is 0 Å². The van der Waals surface area contributed by atoms with E-state index in [9.17, 15) is 0 Å². The van der Waals surface area contributed by atoms with E-state index in [2.05, 4.69) is 63.1 Å². The summed E-state index contributed by atoms with van der Waals surface area (Å²) in [7, 11) is 0. The number of hydrogen-bond acceptors (Lipinski definition) is 0. The third-order valence-electron chi connectivity index (χ3n) is 2.19. The number of terminal acetylenes is 1. The van der Waals surface area contributed by atoms with Crippen molar-refractivity contribution < 1.29 is 0 Å². The molecule has 2 aromatic rings. The molecule has 0 atom stereocenters. The smallest absolute Gasteiger partial charge is 0.0307 e. The predicted octanol–water partition coefficient (Wildman–Crippen LogP) is 4.49. The van der Waals surface area contributed by atoms with Gasteiger partial charge in [-0.25, -0.2) is 0 Å². The Morgan fingerprint density at radius 3 is 1.41 bits per heavy atom. The molecule has 0 nitrogen and oxygen atoms in total. The molecule has 0 heterocycles. The number of rotatable bonds is 1. The normalized spacial score (nSPS) is 8.00. The second-order valence-corrected chi connectivity index (χ2v) is 3.49. The fourth-order valence-corrected chi connectivity index (χ4v) is 1.25. The summed E-state index contributed by atoms with van der Waals surface area (Å²) in [6.07, 6.45) is 9.14. The molecule has 0 aliphatic rings. The van der Waals surface area contributed by atoms with Crippen LogP contribution in [0, 0.1) is 19.8 Å². The van der Waals surface area contributed by atoms with Crippen LogP contribution in [0.4, 0.5) is 0 Å². The van der Waals surface area contributed by atoms with E-state index in [1.807, 2.05) is 24.3 Å². The third kappa shape index (κ3) is 7.88. The van der Waals surface area contributed by atoms with Gasteiger partial charge < -0.3 is 0 Å². The fourth-order valence-electron chi connectivity index (χ4n) is 1.25. The first-order chi connectivity index (χ1) is 8.33. The lowest BCUT2D eigenvalue weighted by atomic mass is 10.2. The Morgan fingerprint density at radius 2 is 1.18 bits per heavy atom. The highest BCUT2D eigenvalue weighted by Gasteiger charge is 1.79. The molecule has 0 bridgehead atoms. The van der Waals surface area contributed by atoms with Crippen molar-refractivity contribution in [3.8, 4) is 12.8 Å². The van der Waals surface area contributed by atoms with Crippen LogP contribution in [-0.2, 0) is 6.42 Å². The van der Waals surface area contributed by atoms with E-state index in [4.69, 9.17) is 0 Å². The Bertz CT molecular complexity index is 384. The van der Waals surface area contributed by atoms with Crippen LogP contribution in [0.25, 0.3) is 0 Å². The van der Waals surface area contributed by atoms with Crippen LogP contribution in [0.15, 0.2) is 60.7 Å². The summed E-state index contributed by atoms with van der Waals surface area (Å²) < 4.78 is 0. The minimum Gasteiger partial charge on any atom is -0.124 e. The first kappa shape index (κ1) is 15.0. The maximum absolute atomic E-state index is 4.00. The zero-order valence-electron chi connectivity index (χ0n) is 10.6. The Morgan fingerprint density at radius 1 is 0.765 bits per heavy atom. The lowest BCUT2D eigenvalue weighted by molar-refractivity contribution is 1.14. The van der Waals surface area contributed by atoms with Crippen molar-refractivity contribution in [2.24, 2.45) is 0 Å². The summed E-state index contributed by atoms with van der Waals surface area (Å²) >= 11 is 0. The second kappa shape index (κ2) is 10.5. The average molecular weight is 224 g/mol. The van der Waals surface area contributed by atoms with E-state index in [0.717, 1.165) is 6.42 Å². The SMILES string of the molecule is C#C.CCc1ccccc1.Cc1ccccc1. The van der Waals surface area contributed by atoms with Gasteiger partial charge in [0, 0.05) is 0 Å². The molecule has 0 spiro atoms. The maximum atomic E-state index is 4.00. The first-order valence-corrected chi connectivity index (χ1v) is 5.72. The largest absolute Gasteiger partial charge is 0.124 e. The van der Waals surface area contributed by atoms with Crippen molar-refractivity contribution in [2.75, 3.05) is 0 Å². The highest BCUT2D eigenvalue weighted by molar-refractivity contribution is 5.14. The Balaban J connectivity index is 0.000000265. The van der Waals surface area contributed by atoms with Crippen LogP contribution in [0.3, 0.4) is 0 Å². The summed E-state index contributed by atoms with van der Waals surface area (Å²) in [5, 5.41) is 0. The van der Waals surface area contributed by atoms with E-state index < -0.39 is 0 Å². The van der Waals surface area contributed by atoms with E-state index in [0.29, 0.717) is 0 Å². The summed E-state index contributed by atoms with van der Waals surface area (Å²) in [5.41, 5.74) is 2.73. The van der Waals surface area contributed by atoms with Crippen LogP contribution < -0.4 is 0 Å². The molecule has 0 N–H and O–H groups in total. The van der Waals surface area contributed by atoms with Crippen LogP contribution in [-0.4, -0.2) is 0 Å². The molecule has 0 heteroatoms. The van der Waals surface area contributed by atoms with Gasteiger partial charge in [-0.3, -0.25) is 0 Å². The minimum atomic E-state index is 1.14. The van der Waals surface area contributed by atoms with Gasteiger partial charge >= 0.3 is 0 Å². The van der Waals surface area contributed by atoms with Crippen molar-refractivity contribution >= 4 is 0 Å². The molecule has 0 fully saturated rings. The van der Waals surface area contributed by atoms with Gasteiger partial charge in [0.15, 0.2) is 0 Å². The molecule has 0 unspecified atom stereocenters. The molecular weight excluding hydrogens is 204 g/mol. The van der Waals surface area contributed by atoms with Gasteiger partial charge in [-0.1, -0.05) is 73.2 Å². The number of benzene rings is 2. The van der Waals surface area contributed by atoms with E-state index >= 15 is 0 Å². The summed E-state index contributed by atoms with van der Waals surface area (Å²) in [6.45, 7) is 4.25. The molecule has 0 saturated carbocycles. The van der Waals surface area contributed by atoms with E-state index in [1.54, 1.807) is 0 Å². The summed E-state index contributed by atoms with van der Waals surface area (Å²) in [4.78, 5) is 0. The molecular formula is C17H20. The van der Waals surface area contributed by atoms with Crippen LogP contribution in [0.2, 0.25) is 0 Å². The van der Waals surface area contributed by atoms with Crippen LogP contribution >= 0.6 is 0 Å². The van der Waals surface area contributed by atoms with Crippen LogP contribution in [0.1, 0.15) is 18.1 Å². The molecule has 0 amide bonds. The molecule has 0 aliphatic heterocycles. The lowest BCUT2D eigenvalue weighted by Crippen LogP contribution is -1.73. The Kier molecular flexibility index (Phi) is 9.28. The van der Waals surface area contributed by atoms with Gasteiger partial charge in [0.05, 0.1) is 0 Å². The van der Waals surface area contributed by atoms with E-state index in [1.165, 1.54) is 11.1 Å². The maximum Gasteiger partial charge on any atom is -0.0307 e. The molecule has 0 aliphatic carbocycles. The summed E-state index contributed by atoms with van der Waals surface area (Å²) in [6, 6.07) is 20.7. The zero-order valence-corrected chi connectivity index (χ0v) is 10.6. The molecule has 0 radical (unpaired) electrons. The van der Waals surface area contributed by atoms with Crippen LogP contribution in [0.5, 0.6) is 0 Å². The summed E-state index contributed by atoms with van der Waals surface area (Å²) in [5.74, 6) is 0. The molecule has 2 aromatic carbocycles. The quantitative estimate of drug-likeness (QED) is 0.626. The molecule has 0 saturated heterocycles. The van der Waals surface area contributed by atoms with Gasteiger partial charge in [-0.15, -0.1) is 12.8 Å². The standard InChI is InChI=1S/C8H10.C7H8.C2H2/c1-2-8-6-4-3-5-7-8;1-7-5-3-2-4-6-7;1-2/h3-7H,2H2,1H3;2-6H,1H3;1-2H. The van der Waals surface area contributed by atoms with Gasteiger partial charge in [0.25, 0.3) is 0 Å².